The van der Waals surface area contributed by atoms with Crippen molar-refractivity contribution in [3.63, 3.8) is 0 Å². The lowest BCUT2D eigenvalue weighted by atomic mass is 10.0. The normalized spacial score (nSPS) is 12.9. The van der Waals surface area contributed by atoms with Crippen molar-refractivity contribution in [2.24, 2.45) is 11.5 Å². The van der Waals surface area contributed by atoms with Crippen LogP contribution in [0.5, 0.6) is 5.75 Å². The number of hydrogen-bond donors (Lipinski definition) is 4. The number of hydrogen-bond acceptors (Lipinski definition) is 6. The first-order chi connectivity index (χ1) is 11.8. The van der Waals surface area contributed by atoms with Gasteiger partial charge >= 0.3 is 11.9 Å². The van der Waals surface area contributed by atoms with Crippen molar-refractivity contribution >= 4 is 17.8 Å². The Bertz CT molecular complexity index is 588. The van der Waals surface area contributed by atoms with E-state index in [4.69, 9.17) is 16.2 Å². The Balaban J connectivity index is 2.63. The molecule has 1 aromatic rings. The van der Waals surface area contributed by atoms with Gasteiger partial charge in [-0.2, -0.15) is 0 Å². The van der Waals surface area contributed by atoms with Crippen LogP contribution in [0.3, 0.4) is 0 Å². The molecule has 0 spiro atoms. The van der Waals surface area contributed by atoms with Crippen molar-refractivity contribution in [3.05, 3.63) is 29.8 Å². The van der Waals surface area contributed by atoms with Gasteiger partial charge in [0, 0.05) is 13.3 Å². The summed E-state index contributed by atoms with van der Waals surface area (Å²) in [6.07, 6.45) is 2.02. The molecule has 0 aliphatic heterocycles. The summed E-state index contributed by atoms with van der Waals surface area (Å²) in [5.74, 6) is -1.71. The van der Waals surface area contributed by atoms with E-state index in [1.165, 1.54) is 6.92 Å². The zero-order valence-corrected chi connectivity index (χ0v) is 14.2. The molecule has 1 amide bonds. The number of carbonyl (C=O) groups is 3. The maximum Gasteiger partial charge on any atom is 0.326 e. The van der Waals surface area contributed by atoms with E-state index in [0.29, 0.717) is 30.7 Å². The maximum absolute atomic E-state index is 12.0. The van der Waals surface area contributed by atoms with Gasteiger partial charge in [-0.25, -0.2) is 4.79 Å². The van der Waals surface area contributed by atoms with Crippen molar-refractivity contribution < 1.29 is 24.2 Å². The third-order valence-corrected chi connectivity index (χ3v) is 3.55. The third-order valence-electron chi connectivity index (χ3n) is 3.55. The van der Waals surface area contributed by atoms with Gasteiger partial charge in [0.25, 0.3) is 0 Å². The number of carbonyl (C=O) groups excluding carboxylic acids is 2. The van der Waals surface area contributed by atoms with Crippen LogP contribution in [0, 0.1) is 0 Å². The molecule has 138 valence electrons. The lowest BCUT2D eigenvalue weighted by Gasteiger charge is -2.18. The highest BCUT2D eigenvalue weighted by Gasteiger charge is 2.23. The second kappa shape index (κ2) is 10.4. The number of rotatable bonds is 10. The summed E-state index contributed by atoms with van der Waals surface area (Å²) in [4.78, 5) is 34.3. The van der Waals surface area contributed by atoms with Gasteiger partial charge in [-0.1, -0.05) is 18.6 Å². The van der Waals surface area contributed by atoms with Gasteiger partial charge < -0.3 is 26.6 Å². The number of aliphatic carboxylic acids is 1. The number of carboxylic acids is 1. The van der Waals surface area contributed by atoms with E-state index in [9.17, 15) is 19.5 Å². The minimum Gasteiger partial charge on any atom is -0.480 e. The molecule has 1 rings (SSSR count). The predicted molar refractivity (Wildman–Crippen MR) is 91.9 cm³/mol. The lowest BCUT2D eigenvalue weighted by molar-refractivity contribution is -0.142. The van der Waals surface area contributed by atoms with Gasteiger partial charge in [-0.3, -0.25) is 9.59 Å². The Hall–Kier alpha value is -2.45. The monoisotopic (exact) mass is 351 g/mol. The molecule has 0 aliphatic carbocycles. The fourth-order valence-electron chi connectivity index (χ4n) is 2.21. The van der Waals surface area contributed by atoms with Gasteiger partial charge in [-0.15, -0.1) is 0 Å². The maximum atomic E-state index is 12.0. The summed E-state index contributed by atoms with van der Waals surface area (Å²) >= 11 is 0. The van der Waals surface area contributed by atoms with Crippen molar-refractivity contribution in [1.29, 1.82) is 0 Å². The van der Waals surface area contributed by atoms with E-state index in [0.717, 1.165) is 6.42 Å². The van der Waals surface area contributed by atoms with Gasteiger partial charge in [-0.05, 0) is 37.1 Å². The number of esters is 1. The third kappa shape index (κ3) is 7.77. The van der Waals surface area contributed by atoms with E-state index in [1.807, 2.05) is 0 Å². The fourth-order valence-corrected chi connectivity index (χ4v) is 2.21. The number of nitrogens with one attached hydrogen (secondary N) is 1. The van der Waals surface area contributed by atoms with Crippen molar-refractivity contribution in [2.75, 3.05) is 6.54 Å². The molecule has 0 fully saturated rings. The summed E-state index contributed by atoms with van der Waals surface area (Å²) in [5, 5.41) is 11.8. The lowest BCUT2D eigenvalue weighted by Crippen LogP contribution is -2.49. The number of carboxylic acid groups (broad SMARTS) is 1. The van der Waals surface area contributed by atoms with Crippen LogP contribution < -0.4 is 21.5 Å². The Morgan fingerprint density at radius 3 is 2.36 bits per heavy atom. The molecule has 25 heavy (non-hydrogen) atoms. The second-order valence-electron chi connectivity index (χ2n) is 5.73. The quantitative estimate of drug-likeness (QED) is 0.267. The molecule has 2 atom stereocenters. The molecule has 8 nitrogen and oxygen atoms in total. The molecule has 0 aliphatic rings. The zero-order chi connectivity index (χ0) is 18.8. The van der Waals surface area contributed by atoms with E-state index in [1.54, 1.807) is 24.3 Å². The summed E-state index contributed by atoms with van der Waals surface area (Å²) in [6, 6.07) is 4.56. The number of benzene rings is 1. The number of ether oxygens (including phenoxy) is 1. The largest absolute Gasteiger partial charge is 0.480 e. The average molecular weight is 351 g/mol. The first-order valence-electron chi connectivity index (χ1n) is 8.09. The van der Waals surface area contributed by atoms with Gasteiger partial charge in [0.1, 0.15) is 11.8 Å². The molecule has 2 unspecified atom stereocenters. The van der Waals surface area contributed by atoms with Crippen molar-refractivity contribution in [3.8, 4) is 5.75 Å². The predicted octanol–water partition coefficient (Wildman–Crippen LogP) is 0.180. The van der Waals surface area contributed by atoms with E-state index in [2.05, 4.69) is 5.32 Å². The minimum atomic E-state index is -1.15. The minimum absolute atomic E-state index is 0.0942. The SMILES string of the molecule is CC(=O)Oc1ccc(CC(NC(=O)C(N)CCCCN)C(=O)O)cc1. The van der Waals surface area contributed by atoms with E-state index < -0.39 is 29.9 Å². The Labute approximate surface area is 146 Å². The highest BCUT2D eigenvalue weighted by Crippen LogP contribution is 2.14. The van der Waals surface area contributed by atoms with E-state index in [-0.39, 0.29) is 6.42 Å². The summed E-state index contributed by atoms with van der Waals surface area (Å²) in [5.41, 5.74) is 11.8. The van der Waals surface area contributed by atoms with Crippen LogP contribution in [0.15, 0.2) is 24.3 Å². The summed E-state index contributed by atoms with van der Waals surface area (Å²) in [6.45, 7) is 1.82. The number of amides is 1. The first-order valence-corrected chi connectivity index (χ1v) is 8.09. The molecular formula is C17H25N3O5. The van der Waals surface area contributed by atoms with Crippen LogP contribution in [0.25, 0.3) is 0 Å². The molecule has 0 heterocycles. The fraction of sp³-hybridized carbons (Fsp3) is 0.471. The Morgan fingerprint density at radius 2 is 1.84 bits per heavy atom. The Morgan fingerprint density at radius 1 is 1.20 bits per heavy atom. The number of nitrogens with two attached hydrogens (primary N) is 2. The molecule has 0 saturated carbocycles. The molecule has 6 N–H and O–H groups in total. The first kappa shape index (κ1) is 20.6. The molecule has 1 aromatic carbocycles. The number of unbranched alkanes of at least 4 members (excludes halogenated alkanes) is 1. The smallest absolute Gasteiger partial charge is 0.326 e. The van der Waals surface area contributed by atoms with Crippen molar-refractivity contribution in [2.45, 2.75) is 44.7 Å². The molecule has 0 bridgehead atoms. The van der Waals surface area contributed by atoms with Crippen LogP contribution >= 0.6 is 0 Å². The Kier molecular flexibility index (Phi) is 8.59. The second-order valence-corrected chi connectivity index (χ2v) is 5.73. The topological polar surface area (TPSA) is 145 Å². The summed E-state index contributed by atoms with van der Waals surface area (Å²) in [7, 11) is 0. The molecule has 0 aromatic heterocycles. The van der Waals surface area contributed by atoms with Crippen LogP contribution in [0.2, 0.25) is 0 Å². The van der Waals surface area contributed by atoms with Crippen molar-refractivity contribution in [1.82, 2.24) is 5.32 Å². The van der Waals surface area contributed by atoms with Crippen LogP contribution in [0.4, 0.5) is 0 Å². The van der Waals surface area contributed by atoms with Gasteiger partial charge in [0.15, 0.2) is 0 Å². The molecule has 0 saturated heterocycles. The average Bonchev–Trinajstić information content (AvgIpc) is 2.55. The van der Waals surface area contributed by atoms with Crippen LogP contribution in [0.1, 0.15) is 31.7 Å². The van der Waals surface area contributed by atoms with Gasteiger partial charge in [0.2, 0.25) is 5.91 Å². The standard InChI is InChI=1S/C17H25N3O5/c1-11(21)25-13-7-5-12(6-8-13)10-15(17(23)24)20-16(22)14(19)4-2-3-9-18/h5-8,14-15H,2-4,9-10,18-19H2,1H3,(H,20,22)(H,23,24). The molecule has 0 radical (unpaired) electrons. The van der Waals surface area contributed by atoms with Gasteiger partial charge in [0.05, 0.1) is 6.04 Å². The van der Waals surface area contributed by atoms with E-state index >= 15 is 0 Å². The summed E-state index contributed by atoms with van der Waals surface area (Å²) < 4.78 is 4.91. The molecule has 8 heteroatoms. The highest BCUT2D eigenvalue weighted by molar-refractivity contribution is 5.86. The molecular weight excluding hydrogens is 326 g/mol. The van der Waals surface area contributed by atoms with Crippen LogP contribution in [-0.2, 0) is 20.8 Å². The zero-order valence-electron chi connectivity index (χ0n) is 14.2. The van der Waals surface area contributed by atoms with Crippen LogP contribution in [-0.4, -0.2) is 41.6 Å². The highest BCUT2D eigenvalue weighted by atomic mass is 16.5.